The number of anilines is 1. The monoisotopic (exact) mass is 167 g/mol. The van der Waals surface area contributed by atoms with Crippen molar-refractivity contribution in [1.29, 1.82) is 0 Å². The fourth-order valence-electron chi connectivity index (χ4n) is 0.874. The van der Waals surface area contributed by atoms with Crippen LogP contribution >= 0.6 is 0 Å². The lowest BCUT2D eigenvalue weighted by atomic mass is 10.1. The molecule has 0 bridgehead atoms. The van der Waals surface area contributed by atoms with Crippen LogP contribution in [0.3, 0.4) is 0 Å². The minimum absolute atomic E-state index is 0.0752. The van der Waals surface area contributed by atoms with Crippen molar-refractivity contribution >= 4 is 11.7 Å². The predicted molar refractivity (Wildman–Crippen MR) is 43.9 cm³/mol. The summed E-state index contributed by atoms with van der Waals surface area (Å²) in [6, 6.07) is 4.40. The van der Waals surface area contributed by atoms with E-state index in [1.165, 1.54) is 12.1 Å². The maximum atomic E-state index is 10.3. The molecule has 0 radical (unpaired) electrons. The highest BCUT2D eigenvalue weighted by molar-refractivity contribution is 5.71. The third-order valence-electron chi connectivity index (χ3n) is 1.45. The van der Waals surface area contributed by atoms with Crippen molar-refractivity contribution in [2.75, 3.05) is 5.73 Å². The molecule has 12 heavy (non-hydrogen) atoms. The number of aromatic hydroxyl groups is 1. The van der Waals surface area contributed by atoms with Gasteiger partial charge in [-0.1, -0.05) is 6.07 Å². The predicted octanol–water partition coefficient (Wildman–Crippen LogP) is 0.601. The second kappa shape index (κ2) is 3.13. The van der Waals surface area contributed by atoms with Crippen LogP contribution in [-0.2, 0) is 11.2 Å². The molecule has 0 saturated heterocycles. The minimum atomic E-state index is -0.931. The third-order valence-corrected chi connectivity index (χ3v) is 1.45. The van der Waals surface area contributed by atoms with Crippen LogP contribution in [0.15, 0.2) is 18.2 Å². The first-order chi connectivity index (χ1) is 5.59. The summed E-state index contributed by atoms with van der Waals surface area (Å²) in [6.45, 7) is 0. The Morgan fingerprint density at radius 1 is 1.50 bits per heavy atom. The smallest absolute Gasteiger partial charge is 0.307 e. The quantitative estimate of drug-likeness (QED) is 0.445. The highest BCUT2D eigenvalue weighted by Gasteiger charge is 2.02. The molecule has 0 heterocycles. The van der Waals surface area contributed by atoms with E-state index in [2.05, 4.69) is 0 Å². The number of carbonyl (C=O) groups is 1. The Morgan fingerprint density at radius 3 is 2.67 bits per heavy atom. The van der Waals surface area contributed by atoms with E-state index < -0.39 is 5.97 Å². The summed E-state index contributed by atoms with van der Waals surface area (Å²) in [5.41, 5.74) is 6.11. The summed E-state index contributed by atoms with van der Waals surface area (Å²) in [5, 5.41) is 17.5. The van der Waals surface area contributed by atoms with Gasteiger partial charge in [0.25, 0.3) is 0 Å². The maximum Gasteiger partial charge on any atom is 0.307 e. The topological polar surface area (TPSA) is 83.6 Å². The summed E-state index contributed by atoms with van der Waals surface area (Å²) in [4.78, 5) is 10.3. The van der Waals surface area contributed by atoms with Crippen molar-refractivity contribution in [3.63, 3.8) is 0 Å². The SMILES string of the molecule is Nc1ccc(CC(=O)O)cc1O. The summed E-state index contributed by atoms with van der Waals surface area (Å²) >= 11 is 0. The highest BCUT2D eigenvalue weighted by Crippen LogP contribution is 2.20. The largest absolute Gasteiger partial charge is 0.506 e. The molecule has 1 aromatic carbocycles. The van der Waals surface area contributed by atoms with E-state index in [4.69, 9.17) is 15.9 Å². The molecule has 0 saturated carbocycles. The lowest BCUT2D eigenvalue weighted by Crippen LogP contribution is -2.00. The zero-order valence-electron chi connectivity index (χ0n) is 6.32. The molecule has 64 valence electrons. The Labute approximate surface area is 69.3 Å². The van der Waals surface area contributed by atoms with Crippen LogP contribution in [0, 0.1) is 0 Å². The Balaban J connectivity index is 2.89. The molecule has 1 rings (SSSR count). The summed E-state index contributed by atoms with van der Waals surface area (Å²) < 4.78 is 0. The van der Waals surface area contributed by atoms with E-state index in [1.54, 1.807) is 6.07 Å². The Hall–Kier alpha value is -1.71. The zero-order chi connectivity index (χ0) is 9.14. The van der Waals surface area contributed by atoms with Crippen molar-refractivity contribution in [3.05, 3.63) is 23.8 Å². The van der Waals surface area contributed by atoms with Gasteiger partial charge in [0.05, 0.1) is 12.1 Å². The number of nitrogen functional groups attached to an aromatic ring is 1. The lowest BCUT2D eigenvalue weighted by molar-refractivity contribution is -0.136. The Bertz CT molecular complexity index is 309. The first-order valence-electron chi connectivity index (χ1n) is 3.39. The number of nitrogens with two attached hydrogens (primary N) is 1. The minimum Gasteiger partial charge on any atom is -0.506 e. The molecule has 0 aliphatic carbocycles. The van der Waals surface area contributed by atoms with E-state index >= 15 is 0 Å². The van der Waals surface area contributed by atoms with E-state index in [1.807, 2.05) is 0 Å². The van der Waals surface area contributed by atoms with Crippen LogP contribution in [-0.4, -0.2) is 16.2 Å². The molecule has 0 aromatic heterocycles. The summed E-state index contributed by atoms with van der Waals surface area (Å²) in [7, 11) is 0. The van der Waals surface area contributed by atoms with Crippen LogP contribution in [0.5, 0.6) is 5.75 Å². The van der Waals surface area contributed by atoms with Crippen molar-refractivity contribution in [1.82, 2.24) is 0 Å². The van der Waals surface area contributed by atoms with Gasteiger partial charge in [0.15, 0.2) is 0 Å². The lowest BCUT2D eigenvalue weighted by Gasteiger charge is -2.00. The molecular formula is C8H9NO3. The first-order valence-corrected chi connectivity index (χ1v) is 3.39. The molecule has 0 aliphatic rings. The van der Waals surface area contributed by atoms with E-state index in [-0.39, 0.29) is 17.9 Å². The van der Waals surface area contributed by atoms with Gasteiger partial charge in [-0.2, -0.15) is 0 Å². The second-order valence-corrected chi connectivity index (χ2v) is 2.46. The molecule has 4 heteroatoms. The molecule has 0 unspecified atom stereocenters. The van der Waals surface area contributed by atoms with E-state index in [9.17, 15) is 4.79 Å². The van der Waals surface area contributed by atoms with Crippen LogP contribution in [0.2, 0.25) is 0 Å². The molecule has 0 spiro atoms. The maximum absolute atomic E-state index is 10.3. The fraction of sp³-hybridized carbons (Fsp3) is 0.125. The number of hydrogen-bond acceptors (Lipinski definition) is 3. The van der Waals surface area contributed by atoms with Gasteiger partial charge >= 0.3 is 5.97 Å². The third kappa shape index (κ3) is 1.88. The van der Waals surface area contributed by atoms with Crippen LogP contribution in [0.1, 0.15) is 5.56 Å². The number of phenols is 1. The van der Waals surface area contributed by atoms with Crippen LogP contribution < -0.4 is 5.73 Å². The normalized spacial score (nSPS) is 9.67. The number of carboxylic acids is 1. The van der Waals surface area contributed by atoms with Gasteiger partial charge in [-0.3, -0.25) is 4.79 Å². The molecule has 0 aliphatic heterocycles. The summed E-state index contributed by atoms with van der Waals surface area (Å²) in [5.74, 6) is -1.01. The number of aliphatic carboxylic acids is 1. The van der Waals surface area contributed by atoms with Gasteiger partial charge < -0.3 is 15.9 Å². The summed E-state index contributed by atoms with van der Waals surface area (Å²) in [6.07, 6.45) is -0.103. The van der Waals surface area contributed by atoms with Crippen LogP contribution in [0.25, 0.3) is 0 Å². The Kier molecular flexibility index (Phi) is 2.19. The van der Waals surface area contributed by atoms with E-state index in [0.29, 0.717) is 5.56 Å². The average Bonchev–Trinajstić information content (AvgIpc) is 1.96. The van der Waals surface area contributed by atoms with Crippen molar-refractivity contribution < 1.29 is 15.0 Å². The van der Waals surface area contributed by atoms with Gasteiger partial charge in [0.2, 0.25) is 0 Å². The molecule has 0 atom stereocenters. The average molecular weight is 167 g/mol. The molecule has 1 aromatic rings. The van der Waals surface area contributed by atoms with Gasteiger partial charge in [0.1, 0.15) is 5.75 Å². The molecule has 4 nitrogen and oxygen atoms in total. The van der Waals surface area contributed by atoms with Crippen molar-refractivity contribution in [2.24, 2.45) is 0 Å². The number of rotatable bonds is 2. The number of carboxylic acid groups (broad SMARTS) is 1. The standard InChI is InChI=1S/C8H9NO3/c9-6-2-1-5(3-7(6)10)4-8(11)12/h1-3,10H,4,9H2,(H,11,12). The van der Waals surface area contributed by atoms with Gasteiger partial charge in [-0.05, 0) is 17.7 Å². The zero-order valence-corrected chi connectivity index (χ0v) is 6.32. The molecule has 0 fully saturated rings. The van der Waals surface area contributed by atoms with E-state index in [0.717, 1.165) is 0 Å². The van der Waals surface area contributed by atoms with Gasteiger partial charge in [-0.15, -0.1) is 0 Å². The van der Waals surface area contributed by atoms with Gasteiger partial charge in [0, 0.05) is 0 Å². The number of phenolic OH excluding ortho intramolecular Hbond substituents is 1. The molecule has 4 N–H and O–H groups in total. The molecule has 0 amide bonds. The number of benzene rings is 1. The van der Waals surface area contributed by atoms with Crippen molar-refractivity contribution in [2.45, 2.75) is 6.42 Å². The highest BCUT2D eigenvalue weighted by atomic mass is 16.4. The first kappa shape index (κ1) is 8.39. The number of hydrogen-bond donors (Lipinski definition) is 3. The van der Waals surface area contributed by atoms with Crippen molar-refractivity contribution in [3.8, 4) is 5.75 Å². The fourth-order valence-corrected chi connectivity index (χ4v) is 0.874. The second-order valence-electron chi connectivity index (χ2n) is 2.46. The molecular weight excluding hydrogens is 158 g/mol. The van der Waals surface area contributed by atoms with Crippen LogP contribution in [0.4, 0.5) is 5.69 Å². The Morgan fingerprint density at radius 2 is 2.17 bits per heavy atom. The van der Waals surface area contributed by atoms with Gasteiger partial charge in [-0.25, -0.2) is 0 Å².